The fraction of sp³-hybridized carbons (Fsp3) is 0.727. The van der Waals surface area contributed by atoms with Gasteiger partial charge in [0.2, 0.25) is 0 Å². The highest BCUT2D eigenvalue weighted by atomic mass is 32.1. The number of nitrogens with one attached hydrogen (secondary N) is 2. The summed E-state index contributed by atoms with van der Waals surface area (Å²) < 4.78 is 0. The Hall–Kier alpha value is -0.450. The Balaban J connectivity index is 1.38. The van der Waals surface area contributed by atoms with Gasteiger partial charge < -0.3 is 10.6 Å². The molecule has 0 aromatic carbocycles. The van der Waals surface area contributed by atoms with E-state index < -0.39 is 0 Å². The van der Waals surface area contributed by atoms with E-state index in [9.17, 15) is 0 Å². The monoisotopic (exact) mass is 225 g/mol. The summed E-state index contributed by atoms with van der Waals surface area (Å²) in [5.41, 5.74) is 3.10. The van der Waals surface area contributed by atoms with Gasteiger partial charge in [-0.05, 0) is 25.3 Å². The molecule has 4 heteroatoms. The van der Waals surface area contributed by atoms with Crippen molar-refractivity contribution in [3.8, 4) is 0 Å². The lowest BCUT2D eigenvalue weighted by molar-refractivity contribution is 0.589. The van der Waals surface area contributed by atoms with E-state index >= 15 is 0 Å². The third-order valence-electron chi connectivity index (χ3n) is 2.65. The lowest BCUT2D eigenvalue weighted by Crippen LogP contribution is -2.29. The van der Waals surface area contributed by atoms with Crippen LogP contribution < -0.4 is 10.6 Å². The van der Waals surface area contributed by atoms with E-state index in [1.165, 1.54) is 25.1 Å². The molecule has 1 heterocycles. The second-order valence-electron chi connectivity index (χ2n) is 4.13. The van der Waals surface area contributed by atoms with Crippen molar-refractivity contribution in [3.05, 3.63) is 16.6 Å². The van der Waals surface area contributed by atoms with Crippen molar-refractivity contribution < 1.29 is 0 Å². The molecule has 3 nitrogen and oxygen atoms in total. The Morgan fingerprint density at radius 1 is 1.27 bits per heavy atom. The third-order valence-corrected chi connectivity index (χ3v) is 3.29. The molecule has 0 radical (unpaired) electrons. The largest absolute Gasteiger partial charge is 0.315 e. The highest BCUT2D eigenvalue weighted by Gasteiger charge is 2.19. The van der Waals surface area contributed by atoms with Gasteiger partial charge in [0.1, 0.15) is 0 Å². The third kappa shape index (κ3) is 4.73. The van der Waals surface area contributed by atoms with E-state index in [4.69, 9.17) is 0 Å². The van der Waals surface area contributed by atoms with Crippen LogP contribution in [0, 0.1) is 5.92 Å². The van der Waals surface area contributed by atoms with E-state index in [0.29, 0.717) is 0 Å². The van der Waals surface area contributed by atoms with Crippen LogP contribution in [0.15, 0.2) is 10.9 Å². The van der Waals surface area contributed by atoms with Crippen LogP contribution in [0.2, 0.25) is 0 Å². The zero-order chi connectivity index (χ0) is 10.3. The van der Waals surface area contributed by atoms with Crippen LogP contribution in [0.1, 0.15) is 18.5 Å². The topological polar surface area (TPSA) is 37.0 Å². The van der Waals surface area contributed by atoms with Crippen LogP contribution in [0.3, 0.4) is 0 Å². The number of nitrogens with zero attached hydrogens (tertiary/aromatic N) is 1. The van der Waals surface area contributed by atoms with Crippen LogP contribution in [0.4, 0.5) is 0 Å². The number of aromatic nitrogens is 1. The van der Waals surface area contributed by atoms with Gasteiger partial charge in [-0.25, -0.2) is 4.98 Å². The molecule has 1 saturated carbocycles. The normalized spacial score (nSPS) is 15.7. The molecule has 1 aliphatic carbocycles. The maximum atomic E-state index is 4.24. The van der Waals surface area contributed by atoms with Gasteiger partial charge in [0.05, 0.1) is 11.2 Å². The molecule has 1 fully saturated rings. The summed E-state index contributed by atoms with van der Waals surface area (Å²) in [6, 6.07) is 0. The van der Waals surface area contributed by atoms with Gasteiger partial charge >= 0.3 is 0 Å². The van der Waals surface area contributed by atoms with Gasteiger partial charge in [0, 0.05) is 31.4 Å². The smallest absolute Gasteiger partial charge is 0.0794 e. The predicted octanol–water partition coefficient (Wildman–Crippen LogP) is 1.27. The first kappa shape index (κ1) is 11.0. The van der Waals surface area contributed by atoms with Crippen molar-refractivity contribution in [2.24, 2.45) is 5.92 Å². The van der Waals surface area contributed by atoms with E-state index in [2.05, 4.69) is 21.0 Å². The van der Waals surface area contributed by atoms with Crippen LogP contribution in [0.5, 0.6) is 0 Å². The summed E-state index contributed by atoms with van der Waals surface area (Å²) in [5.74, 6) is 0.986. The molecule has 0 amide bonds. The van der Waals surface area contributed by atoms with Gasteiger partial charge in [-0.3, -0.25) is 0 Å². The van der Waals surface area contributed by atoms with Crippen LogP contribution in [0.25, 0.3) is 0 Å². The fourth-order valence-electron chi connectivity index (χ4n) is 1.51. The van der Waals surface area contributed by atoms with E-state index in [-0.39, 0.29) is 0 Å². The molecule has 1 aliphatic rings. The van der Waals surface area contributed by atoms with Gasteiger partial charge in [0.15, 0.2) is 0 Å². The molecule has 0 spiro atoms. The van der Waals surface area contributed by atoms with Crippen molar-refractivity contribution in [2.75, 3.05) is 26.2 Å². The van der Waals surface area contributed by atoms with Crippen molar-refractivity contribution in [2.45, 2.75) is 19.3 Å². The maximum Gasteiger partial charge on any atom is 0.0794 e. The molecule has 0 atom stereocenters. The molecule has 15 heavy (non-hydrogen) atoms. The van der Waals surface area contributed by atoms with Gasteiger partial charge in [-0.15, -0.1) is 11.3 Å². The zero-order valence-corrected chi connectivity index (χ0v) is 9.85. The minimum atomic E-state index is 0.986. The Morgan fingerprint density at radius 3 is 2.87 bits per heavy atom. The summed E-state index contributed by atoms with van der Waals surface area (Å²) in [5, 5.41) is 9.00. The molecule has 84 valence electrons. The van der Waals surface area contributed by atoms with Gasteiger partial charge in [-0.1, -0.05) is 0 Å². The SMILES string of the molecule is c1nc(CCNCCNCC2CC2)cs1. The molecular formula is C11H19N3S. The quantitative estimate of drug-likeness (QED) is 0.654. The first-order chi connectivity index (χ1) is 7.45. The van der Waals surface area contributed by atoms with E-state index in [1.807, 2.05) is 5.51 Å². The molecule has 2 N–H and O–H groups in total. The second kappa shape index (κ2) is 6.20. The average Bonchev–Trinajstić information content (AvgIpc) is 2.92. The highest BCUT2D eigenvalue weighted by Crippen LogP contribution is 2.27. The summed E-state index contributed by atoms with van der Waals surface area (Å²) in [6.45, 7) is 4.41. The molecular weight excluding hydrogens is 206 g/mol. The maximum absolute atomic E-state index is 4.24. The number of thiazole rings is 1. The Kier molecular flexibility index (Phi) is 4.57. The minimum Gasteiger partial charge on any atom is -0.315 e. The standard InChI is InChI=1S/C11H19N3S/c1-2-10(1)7-13-6-5-12-4-3-11-8-15-9-14-11/h8-10,12-13H,1-7H2. The lowest BCUT2D eigenvalue weighted by Gasteiger charge is -2.04. The van der Waals surface area contributed by atoms with Gasteiger partial charge in [-0.2, -0.15) is 0 Å². The van der Waals surface area contributed by atoms with E-state index in [1.54, 1.807) is 11.3 Å². The van der Waals surface area contributed by atoms with Crippen molar-refractivity contribution >= 4 is 11.3 Å². The first-order valence-electron chi connectivity index (χ1n) is 5.73. The highest BCUT2D eigenvalue weighted by molar-refractivity contribution is 7.07. The van der Waals surface area contributed by atoms with Crippen LogP contribution in [-0.4, -0.2) is 31.2 Å². The molecule has 0 unspecified atom stereocenters. The second-order valence-corrected chi connectivity index (χ2v) is 4.85. The van der Waals surface area contributed by atoms with Crippen molar-refractivity contribution in [1.82, 2.24) is 15.6 Å². The number of hydrogen-bond donors (Lipinski definition) is 2. The molecule has 1 aromatic heterocycles. The number of rotatable bonds is 8. The van der Waals surface area contributed by atoms with Crippen LogP contribution >= 0.6 is 11.3 Å². The molecule has 0 bridgehead atoms. The van der Waals surface area contributed by atoms with Gasteiger partial charge in [0.25, 0.3) is 0 Å². The van der Waals surface area contributed by atoms with E-state index in [0.717, 1.165) is 32.0 Å². The lowest BCUT2D eigenvalue weighted by atomic mass is 10.3. The molecule has 2 rings (SSSR count). The summed E-state index contributed by atoms with van der Waals surface area (Å²) in [7, 11) is 0. The van der Waals surface area contributed by atoms with Crippen molar-refractivity contribution in [1.29, 1.82) is 0 Å². The fourth-order valence-corrected chi connectivity index (χ4v) is 2.10. The Labute approximate surface area is 95.3 Å². The first-order valence-corrected chi connectivity index (χ1v) is 6.68. The minimum absolute atomic E-state index is 0.986. The predicted molar refractivity (Wildman–Crippen MR) is 64.3 cm³/mol. The van der Waals surface area contributed by atoms with Crippen LogP contribution in [-0.2, 0) is 6.42 Å². The molecule has 0 aliphatic heterocycles. The Morgan fingerprint density at radius 2 is 2.13 bits per heavy atom. The summed E-state index contributed by atoms with van der Waals surface area (Å²) in [6.07, 6.45) is 3.92. The summed E-state index contributed by atoms with van der Waals surface area (Å²) in [4.78, 5) is 4.24. The molecule has 0 saturated heterocycles. The average molecular weight is 225 g/mol. The number of hydrogen-bond acceptors (Lipinski definition) is 4. The molecule has 1 aromatic rings. The zero-order valence-electron chi connectivity index (χ0n) is 9.04. The van der Waals surface area contributed by atoms with Crippen molar-refractivity contribution in [3.63, 3.8) is 0 Å². The summed E-state index contributed by atoms with van der Waals surface area (Å²) >= 11 is 1.67. The Bertz CT molecular complexity index is 257.